The molecular weight excluding hydrogens is 244 g/mol. The van der Waals surface area contributed by atoms with Gasteiger partial charge in [-0.05, 0) is 17.5 Å². The number of hydrogen-bond donors (Lipinski definition) is 1. The molecule has 1 aromatic rings. The average molecular weight is 268 g/mol. The summed E-state index contributed by atoms with van der Waals surface area (Å²) in [5.74, 6) is 0.673. The van der Waals surface area contributed by atoms with Gasteiger partial charge >= 0.3 is 0 Å². The zero-order valence-electron chi connectivity index (χ0n) is 11.8. The molecular formula is C14H24N2OS. The van der Waals surface area contributed by atoms with E-state index in [0.29, 0.717) is 11.2 Å². The first-order chi connectivity index (χ1) is 8.63. The Morgan fingerprint density at radius 3 is 2.67 bits per heavy atom. The number of ether oxygens (including phenoxy) is 1. The number of hydrogen-bond acceptors (Lipinski definition) is 4. The van der Waals surface area contributed by atoms with E-state index < -0.39 is 0 Å². The first-order valence-electron chi connectivity index (χ1n) is 6.44. The molecule has 1 rings (SSSR count). The predicted molar refractivity (Wildman–Crippen MR) is 78.0 cm³/mol. The summed E-state index contributed by atoms with van der Waals surface area (Å²) in [6.45, 7) is 9.19. The third-order valence-electron chi connectivity index (χ3n) is 2.86. The highest BCUT2D eigenvalue weighted by Gasteiger charge is 2.09. The largest absolute Gasteiger partial charge is 0.383 e. The lowest BCUT2D eigenvalue weighted by atomic mass is 10.2. The number of nitrogens with one attached hydrogen (secondary N) is 1. The van der Waals surface area contributed by atoms with Gasteiger partial charge < -0.3 is 10.1 Å². The van der Waals surface area contributed by atoms with Crippen molar-refractivity contribution in [2.24, 2.45) is 5.92 Å². The van der Waals surface area contributed by atoms with Crippen LogP contribution in [0.4, 0.5) is 0 Å². The van der Waals surface area contributed by atoms with Crippen LogP contribution in [-0.4, -0.2) is 30.5 Å². The van der Waals surface area contributed by atoms with Gasteiger partial charge in [-0.25, -0.2) is 4.98 Å². The minimum Gasteiger partial charge on any atom is -0.383 e. The molecule has 18 heavy (non-hydrogen) atoms. The molecule has 0 aliphatic carbocycles. The first kappa shape index (κ1) is 15.5. The van der Waals surface area contributed by atoms with Crippen molar-refractivity contribution in [3.8, 4) is 0 Å². The van der Waals surface area contributed by atoms with E-state index in [1.165, 1.54) is 5.56 Å². The van der Waals surface area contributed by atoms with Crippen LogP contribution in [0, 0.1) is 5.92 Å². The molecule has 102 valence electrons. The zero-order chi connectivity index (χ0) is 13.4. The number of thioether (sulfide) groups is 1. The van der Waals surface area contributed by atoms with E-state index in [-0.39, 0.29) is 0 Å². The molecule has 1 N–H and O–H groups in total. The molecule has 0 spiro atoms. The molecule has 0 bridgehead atoms. The van der Waals surface area contributed by atoms with Gasteiger partial charge in [0.15, 0.2) is 0 Å². The summed E-state index contributed by atoms with van der Waals surface area (Å²) in [6, 6.07) is 4.25. The number of pyridine rings is 1. The minimum absolute atomic E-state index is 0.600. The lowest BCUT2D eigenvalue weighted by molar-refractivity contribution is 0.199. The normalized spacial score (nSPS) is 12.9. The SMILES string of the molecule is COCCNCc1ccc(SC(C)C(C)C)nc1. The monoisotopic (exact) mass is 268 g/mol. The molecule has 1 unspecified atom stereocenters. The molecule has 1 aromatic heterocycles. The van der Waals surface area contributed by atoms with Crippen LogP contribution in [-0.2, 0) is 11.3 Å². The van der Waals surface area contributed by atoms with Crippen LogP contribution < -0.4 is 5.32 Å². The van der Waals surface area contributed by atoms with Gasteiger partial charge in [-0.15, -0.1) is 11.8 Å². The fourth-order valence-corrected chi connectivity index (χ4v) is 2.23. The summed E-state index contributed by atoms with van der Waals surface area (Å²) in [6.07, 6.45) is 1.95. The van der Waals surface area contributed by atoms with Gasteiger partial charge in [0.2, 0.25) is 0 Å². The Hall–Kier alpha value is -0.580. The summed E-state index contributed by atoms with van der Waals surface area (Å²) in [5, 5.41) is 5.02. The summed E-state index contributed by atoms with van der Waals surface area (Å²) in [5.41, 5.74) is 1.22. The van der Waals surface area contributed by atoms with Gasteiger partial charge in [0, 0.05) is 31.6 Å². The molecule has 0 aliphatic heterocycles. The Morgan fingerprint density at radius 2 is 2.11 bits per heavy atom. The Labute approximate surface area is 115 Å². The predicted octanol–water partition coefficient (Wildman–Crippen LogP) is 2.95. The first-order valence-corrected chi connectivity index (χ1v) is 7.32. The smallest absolute Gasteiger partial charge is 0.0962 e. The Morgan fingerprint density at radius 1 is 1.33 bits per heavy atom. The molecule has 1 atom stereocenters. The van der Waals surface area contributed by atoms with Crippen LogP contribution in [0.3, 0.4) is 0 Å². The maximum Gasteiger partial charge on any atom is 0.0962 e. The third kappa shape index (κ3) is 5.85. The van der Waals surface area contributed by atoms with Crippen LogP contribution in [0.5, 0.6) is 0 Å². The molecule has 3 nitrogen and oxygen atoms in total. The van der Waals surface area contributed by atoms with Crippen molar-refractivity contribution in [3.05, 3.63) is 23.9 Å². The maximum absolute atomic E-state index is 4.98. The Kier molecular flexibility index (Phi) is 7.32. The Balaban J connectivity index is 2.37. The number of rotatable bonds is 8. The summed E-state index contributed by atoms with van der Waals surface area (Å²) < 4.78 is 4.98. The van der Waals surface area contributed by atoms with Crippen LogP contribution >= 0.6 is 11.8 Å². The van der Waals surface area contributed by atoms with Crippen molar-refractivity contribution >= 4 is 11.8 Å². The highest BCUT2D eigenvalue weighted by Crippen LogP contribution is 2.25. The highest BCUT2D eigenvalue weighted by molar-refractivity contribution is 7.99. The van der Waals surface area contributed by atoms with Crippen molar-refractivity contribution in [1.29, 1.82) is 0 Å². The van der Waals surface area contributed by atoms with E-state index in [1.54, 1.807) is 7.11 Å². The van der Waals surface area contributed by atoms with E-state index >= 15 is 0 Å². The van der Waals surface area contributed by atoms with E-state index in [0.717, 1.165) is 24.7 Å². The second-order valence-electron chi connectivity index (χ2n) is 4.74. The van der Waals surface area contributed by atoms with Gasteiger partial charge in [-0.3, -0.25) is 0 Å². The molecule has 0 aliphatic rings. The molecule has 0 fully saturated rings. The summed E-state index contributed by atoms with van der Waals surface area (Å²) in [4.78, 5) is 4.49. The molecule has 0 saturated heterocycles. The number of aromatic nitrogens is 1. The van der Waals surface area contributed by atoms with Crippen molar-refractivity contribution in [1.82, 2.24) is 10.3 Å². The van der Waals surface area contributed by atoms with E-state index in [4.69, 9.17) is 4.74 Å². The van der Waals surface area contributed by atoms with Crippen molar-refractivity contribution in [2.45, 2.75) is 37.6 Å². The van der Waals surface area contributed by atoms with Crippen molar-refractivity contribution in [3.63, 3.8) is 0 Å². The van der Waals surface area contributed by atoms with Gasteiger partial charge in [0.05, 0.1) is 11.6 Å². The number of methoxy groups -OCH3 is 1. The number of nitrogens with zero attached hydrogens (tertiary/aromatic N) is 1. The lowest BCUT2D eigenvalue weighted by Crippen LogP contribution is -2.18. The highest BCUT2D eigenvalue weighted by atomic mass is 32.2. The minimum atomic E-state index is 0.600. The van der Waals surface area contributed by atoms with E-state index in [2.05, 4.69) is 43.2 Å². The fourth-order valence-electron chi connectivity index (χ4n) is 1.32. The maximum atomic E-state index is 4.98. The van der Waals surface area contributed by atoms with Gasteiger partial charge in [0.1, 0.15) is 0 Å². The van der Waals surface area contributed by atoms with Crippen LogP contribution in [0.1, 0.15) is 26.3 Å². The Bertz CT molecular complexity index is 327. The molecule has 1 heterocycles. The molecule has 0 saturated carbocycles. The summed E-state index contributed by atoms with van der Waals surface area (Å²) in [7, 11) is 1.71. The molecule has 0 amide bonds. The second-order valence-corrected chi connectivity index (χ2v) is 6.14. The lowest BCUT2D eigenvalue weighted by Gasteiger charge is -2.14. The van der Waals surface area contributed by atoms with E-state index in [9.17, 15) is 0 Å². The van der Waals surface area contributed by atoms with Crippen molar-refractivity contribution < 1.29 is 4.74 Å². The molecule has 0 aromatic carbocycles. The van der Waals surface area contributed by atoms with Gasteiger partial charge in [-0.2, -0.15) is 0 Å². The average Bonchev–Trinajstić information content (AvgIpc) is 2.36. The van der Waals surface area contributed by atoms with Crippen molar-refractivity contribution in [2.75, 3.05) is 20.3 Å². The van der Waals surface area contributed by atoms with Crippen LogP contribution in [0.2, 0.25) is 0 Å². The zero-order valence-corrected chi connectivity index (χ0v) is 12.6. The fraction of sp³-hybridized carbons (Fsp3) is 0.643. The standard InChI is InChI=1S/C14H24N2OS/c1-11(2)12(3)18-14-6-5-13(10-16-14)9-15-7-8-17-4/h5-6,10-12,15H,7-9H2,1-4H3. The van der Waals surface area contributed by atoms with E-state index in [1.807, 2.05) is 18.0 Å². The van der Waals surface area contributed by atoms with Crippen LogP contribution in [0.25, 0.3) is 0 Å². The quantitative estimate of drug-likeness (QED) is 0.580. The topological polar surface area (TPSA) is 34.1 Å². The van der Waals surface area contributed by atoms with Crippen LogP contribution in [0.15, 0.2) is 23.4 Å². The second kappa shape index (κ2) is 8.51. The third-order valence-corrected chi connectivity index (χ3v) is 4.25. The molecule has 4 heteroatoms. The molecule has 0 radical (unpaired) electrons. The summed E-state index contributed by atoms with van der Waals surface area (Å²) >= 11 is 1.84. The van der Waals surface area contributed by atoms with Gasteiger partial charge in [0.25, 0.3) is 0 Å². The van der Waals surface area contributed by atoms with Gasteiger partial charge in [-0.1, -0.05) is 26.8 Å².